The van der Waals surface area contributed by atoms with Crippen LogP contribution in [0.25, 0.3) is 11.0 Å². The molecule has 1 fully saturated rings. The van der Waals surface area contributed by atoms with Crippen LogP contribution >= 0.6 is 11.6 Å². The number of aromatic nitrogens is 2. The van der Waals surface area contributed by atoms with Crippen LogP contribution in [0.4, 0.5) is 0 Å². The highest BCUT2D eigenvalue weighted by atomic mass is 35.5. The van der Waals surface area contributed by atoms with Crippen molar-refractivity contribution in [3.63, 3.8) is 0 Å². The number of nitrogens with zero attached hydrogens (tertiary/aromatic N) is 2. The second kappa shape index (κ2) is 11.6. The van der Waals surface area contributed by atoms with Crippen LogP contribution in [-0.2, 0) is 17.8 Å². The third-order valence-corrected chi connectivity index (χ3v) is 6.66. The number of benzene rings is 2. The molecule has 1 heterocycles. The number of rotatable bonds is 13. The van der Waals surface area contributed by atoms with E-state index in [0.717, 1.165) is 92.1 Å². The van der Waals surface area contributed by atoms with E-state index in [2.05, 4.69) is 28.1 Å². The summed E-state index contributed by atoms with van der Waals surface area (Å²) in [7, 11) is 0. The number of unbranched alkanes of at least 4 members (excludes halogenated alkanes) is 3. The van der Waals surface area contributed by atoms with Gasteiger partial charge in [-0.25, -0.2) is 4.98 Å². The van der Waals surface area contributed by atoms with Crippen molar-refractivity contribution in [2.75, 3.05) is 13.2 Å². The van der Waals surface area contributed by atoms with E-state index in [1.807, 2.05) is 31.2 Å². The average Bonchev–Trinajstić information content (AvgIpc) is 3.61. The number of imidazole rings is 1. The van der Waals surface area contributed by atoms with E-state index in [9.17, 15) is 4.79 Å². The summed E-state index contributed by atoms with van der Waals surface area (Å²) in [6, 6.07) is 14.2. The van der Waals surface area contributed by atoms with Gasteiger partial charge < -0.3 is 14.6 Å². The molecule has 0 aliphatic heterocycles. The molecule has 4 rings (SSSR count). The number of amides is 1. The summed E-state index contributed by atoms with van der Waals surface area (Å²) in [6.07, 6.45) is 8.32. The Kier molecular flexibility index (Phi) is 8.27. The highest BCUT2D eigenvalue weighted by Gasteiger charge is 2.28. The third-order valence-electron chi connectivity index (χ3n) is 6.23. The zero-order valence-electron chi connectivity index (χ0n) is 19.5. The summed E-state index contributed by atoms with van der Waals surface area (Å²) >= 11 is 6.09. The number of halogens is 1. The topological polar surface area (TPSA) is 56.1 Å². The summed E-state index contributed by atoms with van der Waals surface area (Å²) in [4.78, 5) is 16.6. The van der Waals surface area contributed by atoms with Gasteiger partial charge in [0.2, 0.25) is 5.91 Å². The first-order valence-electron chi connectivity index (χ1n) is 12.2. The van der Waals surface area contributed by atoms with E-state index in [4.69, 9.17) is 21.3 Å². The van der Waals surface area contributed by atoms with Crippen molar-refractivity contribution in [3.05, 3.63) is 58.9 Å². The number of aryl methyl sites for hydroxylation is 3. The van der Waals surface area contributed by atoms with Crippen LogP contribution in [0.5, 0.6) is 5.75 Å². The Morgan fingerprint density at radius 3 is 2.79 bits per heavy atom. The van der Waals surface area contributed by atoms with Gasteiger partial charge in [-0.1, -0.05) is 30.2 Å². The predicted octanol–water partition coefficient (Wildman–Crippen LogP) is 6.10. The minimum absolute atomic E-state index is 0.243. The van der Waals surface area contributed by atoms with Gasteiger partial charge >= 0.3 is 0 Å². The molecule has 0 spiro atoms. The van der Waals surface area contributed by atoms with Crippen LogP contribution in [0.15, 0.2) is 42.5 Å². The molecule has 0 saturated heterocycles. The van der Waals surface area contributed by atoms with Crippen molar-refractivity contribution in [1.29, 1.82) is 0 Å². The number of fused-ring (bicyclic) bond motifs is 1. The van der Waals surface area contributed by atoms with Crippen LogP contribution in [0.1, 0.15) is 56.3 Å². The number of ether oxygens (including phenoxy) is 1. The Hall–Kier alpha value is -2.53. The molecular weight excluding hydrogens is 434 g/mol. The van der Waals surface area contributed by atoms with Gasteiger partial charge in [0.1, 0.15) is 11.6 Å². The number of hydrogen-bond donors (Lipinski definition) is 1. The number of nitrogens with one attached hydrogen (secondary N) is 1. The van der Waals surface area contributed by atoms with E-state index in [1.165, 1.54) is 5.52 Å². The maximum atomic E-state index is 11.7. The molecule has 0 bridgehead atoms. The molecule has 2 aromatic carbocycles. The van der Waals surface area contributed by atoms with Gasteiger partial charge in [-0.05, 0) is 81.3 Å². The van der Waals surface area contributed by atoms with Crippen molar-refractivity contribution in [2.24, 2.45) is 5.92 Å². The smallest absolute Gasteiger partial charge is 0.223 e. The Bertz CT molecular complexity index is 1070. The molecule has 1 aliphatic carbocycles. The number of para-hydroxylation sites is 2. The first-order valence-corrected chi connectivity index (χ1v) is 12.6. The van der Waals surface area contributed by atoms with Gasteiger partial charge in [-0.3, -0.25) is 4.79 Å². The molecule has 6 heteroatoms. The largest absolute Gasteiger partial charge is 0.494 e. The van der Waals surface area contributed by atoms with Crippen LogP contribution in [0, 0.1) is 12.8 Å². The molecule has 33 heavy (non-hydrogen) atoms. The Labute approximate surface area is 201 Å². The van der Waals surface area contributed by atoms with Crippen LogP contribution in [0.2, 0.25) is 5.02 Å². The molecule has 3 aromatic rings. The lowest BCUT2D eigenvalue weighted by Gasteiger charge is -2.11. The van der Waals surface area contributed by atoms with E-state index in [-0.39, 0.29) is 5.91 Å². The monoisotopic (exact) mass is 467 g/mol. The van der Waals surface area contributed by atoms with Gasteiger partial charge in [-0.15, -0.1) is 0 Å². The van der Waals surface area contributed by atoms with Crippen LogP contribution in [-0.4, -0.2) is 28.6 Å². The van der Waals surface area contributed by atoms with Crippen molar-refractivity contribution < 1.29 is 9.53 Å². The summed E-state index contributed by atoms with van der Waals surface area (Å²) in [5, 5.41) is 3.82. The Morgan fingerprint density at radius 1 is 1.12 bits per heavy atom. The number of carbonyl (C=O) groups is 1. The minimum Gasteiger partial charge on any atom is -0.494 e. The standard InChI is InChI=1S/C27H34ClN3O2/c1-20-19-22(14-15-23(20)28)33-18-8-7-17-31-25-10-5-4-9-24(25)30-26(31)11-3-2-6-16-29-27(32)21-12-13-21/h4-5,9-10,14-15,19,21H,2-3,6-8,11-13,16-18H2,1H3,(H,29,32). The molecule has 176 valence electrons. The van der Waals surface area contributed by atoms with Gasteiger partial charge in [0.25, 0.3) is 0 Å². The molecule has 1 saturated carbocycles. The number of carbonyl (C=O) groups excluding carboxylic acids is 1. The fraction of sp³-hybridized carbons (Fsp3) is 0.481. The summed E-state index contributed by atoms with van der Waals surface area (Å²) in [5.74, 6) is 2.57. The Morgan fingerprint density at radius 2 is 1.97 bits per heavy atom. The van der Waals surface area contributed by atoms with E-state index >= 15 is 0 Å². The first kappa shape index (κ1) is 23.6. The molecule has 5 nitrogen and oxygen atoms in total. The Balaban J connectivity index is 1.23. The van der Waals surface area contributed by atoms with Gasteiger partial charge in [0.05, 0.1) is 17.6 Å². The van der Waals surface area contributed by atoms with Gasteiger partial charge in [0, 0.05) is 30.5 Å². The van der Waals surface area contributed by atoms with E-state index in [0.29, 0.717) is 12.5 Å². The normalized spacial score (nSPS) is 13.4. The number of hydrogen-bond acceptors (Lipinski definition) is 3. The zero-order valence-corrected chi connectivity index (χ0v) is 20.2. The molecule has 0 atom stereocenters. The zero-order chi connectivity index (χ0) is 23.0. The average molecular weight is 468 g/mol. The van der Waals surface area contributed by atoms with E-state index < -0.39 is 0 Å². The van der Waals surface area contributed by atoms with Crippen LogP contribution in [0.3, 0.4) is 0 Å². The fourth-order valence-corrected chi connectivity index (χ4v) is 4.24. The van der Waals surface area contributed by atoms with Gasteiger partial charge in [-0.2, -0.15) is 0 Å². The second-order valence-corrected chi connectivity index (χ2v) is 9.42. The molecule has 0 unspecified atom stereocenters. The fourth-order valence-electron chi connectivity index (χ4n) is 4.12. The lowest BCUT2D eigenvalue weighted by atomic mass is 10.2. The van der Waals surface area contributed by atoms with Crippen molar-refractivity contribution in [3.8, 4) is 5.75 Å². The molecule has 0 radical (unpaired) electrons. The quantitative estimate of drug-likeness (QED) is 0.309. The maximum Gasteiger partial charge on any atom is 0.223 e. The predicted molar refractivity (Wildman–Crippen MR) is 134 cm³/mol. The van der Waals surface area contributed by atoms with Crippen molar-refractivity contribution >= 4 is 28.5 Å². The lowest BCUT2D eigenvalue weighted by molar-refractivity contribution is -0.122. The molecule has 1 N–H and O–H groups in total. The molecular formula is C27H34ClN3O2. The van der Waals surface area contributed by atoms with E-state index in [1.54, 1.807) is 0 Å². The summed E-state index contributed by atoms with van der Waals surface area (Å²) in [6.45, 7) is 4.41. The minimum atomic E-state index is 0.243. The van der Waals surface area contributed by atoms with Crippen molar-refractivity contribution in [2.45, 2.75) is 64.8 Å². The molecule has 1 aliphatic rings. The lowest BCUT2D eigenvalue weighted by Crippen LogP contribution is -2.25. The third kappa shape index (κ3) is 6.73. The summed E-state index contributed by atoms with van der Waals surface area (Å²) in [5.41, 5.74) is 3.31. The second-order valence-electron chi connectivity index (χ2n) is 9.01. The van der Waals surface area contributed by atoms with Gasteiger partial charge in [0.15, 0.2) is 0 Å². The molecule has 1 aromatic heterocycles. The highest BCUT2D eigenvalue weighted by molar-refractivity contribution is 6.31. The van der Waals surface area contributed by atoms with Crippen molar-refractivity contribution in [1.82, 2.24) is 14.9 Å². The maximum absolute atomic E-state index is 11.7. The summed E-state index contributed by atoms with van der Waals surface area (Å²) < 4.78 is 8.28. The highest BCUT2D eigenvalue weighted by Crippen LogP contribution is 2.28. The van der Waals surface area contributed by atoms with Crippen LogP contribution < -0.4 is 10.1 Å². The molecule has 1 amide bonds. The first-order chi connectivity index (χ1) is 16.1. The SMILES string of the molecule is Cc1cc(OCCCCn2c(CCCCCNC(=O)C3CC3)nc3ccccc32)ccc1Cl.